The monoisotopic (exact) mass is 294 g/mol. The fourth-order valence-electron chi connectivity index (χ4n) is 1.45. The average molecular weight is 294 g/mol. The van der Waals surface area contributed by atoms with Crippen LogP contribution >= 0.6 is 11.7 Å². The molecule has 2 aromatic rings. The zero-order valence-corrected chi connectivity index (χ0v) is 11.1. The van der Waals surface area contributed by atoms with Gasteiger partial charge in [0.2, 0.25) is 5.88 Å². The number of halogens is 1. The van der Waals surface area contributed by atoms with Crippen LogP contribution < -0.4 is 10.1 Å². The van der Waals surface area contributed by atoms with Crippen molar-refractivity contribution in [3.8, 4) is 11.9 Å². The van der Waals surface area contributed by atoms with E-state index in [0.717, 1.165) is 17.8 Å². The van der Waals surface area contributed by atoms with Gasteiger partial charge in [0, 0.05) is 6.54 Å². The van der Waals surface area contributed by atoms with Gasteiger partial charge in [-0.1, -0.05) is 0 Å². The van der Waals surface area contributed by atoms with Crippen molar-refractivity contribution in [3.63, 3.8) is 0 Å². The van der Waals surface area contributed by atoms with Crippen molar-refractivity contribution in [2.45, 2.75) is 6.10 Å². The van der Waals surface area contributed by atoms with Gasteiger partial charge in [-0.05, 0) is 18.2 Å². The van der Waals surface area contributed by atoms with Crippen molar-refractivity contribution < 1.29 is 14.2 Å². The predicted molar refractivity (Wildman–Crippen MR) is 71.0 cm³/mol. The van der Waals surface area contributed by atoms with Gasteiger partial charge >= 0.3 is 0 Å². The number of benzene rings is 1. The minimum Gasteiger partial charge on any atom is -0.473 e. The Kier molecular flexibility index (Phi) is 4.81. The van der Waals surface area contributed by atoms with Gasteiger partial charge in [0.05, 0.1) is 23.0 Å². The molecule has 1 unspecified atom stereocenters. The van der Waals surface area contributed by atoms with E-state index in [1.165, 1.54) is 18.3 Å². The van der Waals surface area contributed by atoms with Gasteiger partial charge in [0.25, 0.3) is 0 Å². The second-order valence-electron chi connectivity index (χ2n) is 3.89. The van der Waals surface area contributed by atoms with Crippen LogP contribution in [-0.2, 0) is 0 Å². The van der Waals surface area contributed by atoms with Crippen molar-refractivity contribution in [2.75, 3.05) is 18.5 Å². The molecule has 20 heavy (non-hydrogen) atoms. The zero-order chi connectivity index (χ0) is 14.4. The molecule has 1 aromatic carbocycles. The molecule has 6 nitrogen and oxygen atoms in total. The van der Waals surface area contributed by atoms with E-state index >= 15 is 0 Å². The lowest BCUT2D eigenvalue weighted by Gasteiger charge is -2.13. The number of hydrogen-bond donors (Lipinski definition) is 2. The summed E-state index contributed by atoms with van der Waals surface area (Å²) in [5.74, 6) is -0.124. The van der Waals surface area contributed by atoms with Crippen molar-refractivity contribution in [1.82, 2.24) is 8.75 Å². The first-order valence-electron chi connectivity index (χ1n) is 5.71. The average Bonchev–Trinajstić information content (AvgIpc) is 2.97. The molecule has 0 aliphatic heterocycles. The highest BCUT2D eigenvalue weighted by Crippen LogP contribution is 2.16. The molecular weight excluding hydrogens is 283 g/mol. The summed E-state index contributed by atoms with van der Waals surface area (Å²) in [5, 5.41) is 21.5. The number of aliphatic hydroxyl groups is 1. The van der Waals surface area contributed by atoms with Crippen molar-refractivity contribution in [2.24, 2.45) is 0 Å². The number of aromatic nitrogens is 2. The second kappa shape index (κ2) is 6.79. The Morgan fingerprint density at radius 1 is 1.55 bits per heavy atom. The number of anilines is 1. The van der Waals surface area contributed by atoms with Crippen LogP contribution in [0.3, 0.4) is 0 Å². The summed E-state index contributed by atoms with van der Waals surface area (Å²) in [4.78, 5) is 0. The van der Waals surface area contributed by atoms with Crippen molar-refractivity contribution in [3.05, 3.63) is 35.8 Å². The Hall–Kier alpha value is -2.24. The molecule has 0 fully saturated rings. The molecule has 0 spiro atoms. The molecule has 1 aromatic heterocycles. The molecule has 0 saturated carbocycles. The van der Waals surface area contributed by atoms with E-state index in [4.69, 9.17) is 10.00 Å². The van der Waals surface area contributed by atoms with Gasteiger partial charge in [-0.3, -0.25) is 0 Å². The number of nitriles is 1. The molecule has 104 valence electrons. The number of hydrogen-bond acceptors (Lipinski definition) is 7. The lowest BCUT2D eigenvalue weighted by molar-refractivity contribution is 0.115. The van der Waals surface area contributed by atoms with E-state index in [9.17, 15) is 9.50 Å². The normalized spacial score (nSPS) is 11.7. The maximum Gasteiger partial charge on any atom is 0.245 e. The van der Waals surface area contributed by atoms with E-state index in [2.05, 4.69) is 14.1 Å². The maximum absolute atomic E-state index is 13.0. The summed E-state index contributed by atoms with van der Waals surface area (Å²) in [6.07, 6.45) is 0.659. The molecule has 0 aliphatic carbocycles. The first-order valence-corrected chi connectivity index (χ1v) is 6.44. The third-order valence-corrected chi connectivity index (χ3v) is 2.86. The van der Waals surface area contributed by atoms with Crippen LogP contribution in [0.2, 0.25) is 0 Å². The number of nitrogens with zero attached hydrogens (tertiary/aromatic N) is 3. The Balaban J connectivity index is 1.84. The van der Waals surface area contributed by atoms with Gasteiger partial charge in [-0.25, -0.2) is 4.39 Å². The van der Waals surface area contributed by atoms with Gasteiger partial charge in [-0.15, -0.1) is 4.37 Å². The number of rotatable bonds is 6. The standard InChI is InChI=1S/C12H11FN4O2S/c13-9-1-2-11(8(3-9)4-14)15-5-10(18)7-19-12-6-16-20-17-12/h1-3,6,10,15,18H,5,7H2. The molecule has 1 atom stereocenters. The lowest BCUT2D eigenvalue weighted by Crippen LogP contribution is -2.26. The number of aliphatic hydroxyl groups excluding tert-OH is 1. The highest BCUT2D eigenvalue weighted by Gasteiger charge is 2.09. The topological polar surface area (TPSA) is 91.1 Å². The summed E-state index contributed by atoms with van der Waals surface area (Å²) in [7, 11) is 0. The second-order valence-corrected chi connectivity index (χ2v) is 4.45. The number of nitrogens with one attached hydrogen (secondary N) is 1. The Bertz CT molecular complexity index is 600. The summed E-state index contributed by atoms with van der Waals surface area (Å²) >= 11 is 1.01. The Labute approximate surface area is 118 Å². The van der Waals surface area contributed by atoms with E-state index in [-0.39, 0.29) is 18.7 Å². The van der Waals surface area contributed by atoms with Gasteiger partial charge in [0.1, 0.15) is 30.8 Å². The third kappa shape index (κ3) is 3.88. The van der Waals surface area contributed by atoms with Crippen molar-refractivity contribution in [1.29, 1.82) is 5.26 Å². The zero-order valence-electron chi connectivity index (χ0n) is 10.3. The molecule has 0 bridgehead atoms. The summed E-state index contributed by atoms with van der Waals surface area (Å²) < 4.78 is 25.7. The van der Waals surface area contributed by atoms with E-state index in [1.807, 2.05) is 6.07 Å². The molecule has 0 amide bonds. The molecule has 8 heteroatoms. The smallest absolute Gasteiger partial charge is 0.245 e. The third-order valence-electron chi connectivity index (χ3n) is 2.39. The predicted octanol–water partition coefficient (Wildman–Crippen LogP) is 1.40. The first kappa shape index (κ1) is 14.2. The van der Waals surface area contributed by atoms with Gasteiger partial charge in [-0.2, -0.15) is 9.64 Å². The first-order chi connectivity index (χ1) is 9.69. The molecular formula is C12H11FN4O2S. The quantitative estimate of drug-likeness (QED) is 0.837. The summed E-state index contributed by atoms with van der Waals surface area (Å²) in [6, 6.07) is 5.71. The Morgan fingerprint density at radius 2 is 2.40 bits per heavy atom. The van der Waals surface area contributed by atoms with Crippen LogP contribution in [0.4, 0.5) is 10.1 Å². The van der Waals surface area contributed by atoms with Crippen LogP contribution in [0.25, 0.3) is 0 Å². The molecule has 2 N–H and O–H groups in total. The molecule has 0 radical (unpaired) electrons. The lowest BCUT2D eigenvalue weighted by atomic mass is 10.2. The van der Waals surface area contributed by atoms with E-state index in [0.29, 0.717) is 11.6 Å². The molecule has 2 rings (SSSR count). The largest absolute Gasteiger partial charge is 0.473 e. The highest BCUT2D eigenvalue weighted by molar-refractivity contribution is 6.99. The van der Waals surface area contributed by atoms with Crippen molar-refractivity contribution >= 4 is 17.4 Å². The van der Waals surface area contributed by atoms with Crippen LogP contribution in [0, 0.1) is 17.1 Å². The summed E-state index contributed by atoms with van der Waals surface area (Å²) in [6.45, 7) is 0.208. The van der Waals surface area contributed by atoms with E-state index in [1.54, 1.807) is 0 Å². The molecule has 1 heterocycles. The van der Waals surface area contributed by atoms with Gasteiger partial charge in [0.15, 0.2) is 0 Å². The highest BCUT2D eigenvalue weighted by atomic mass is 32.1. The fraction of sp³-hybridized carbons (Fsp3) is 0.250. The minimum atomic E-state index is -0.798. The van der Waals surface area contributed by atoms with Gasteiger partial charge < -0.3 is 15.2 Å². The van der Waals surface area contributed by atoms with E-state index < -0.39 is 11.9 Å². The summed E-state index contributed by atoms with van der Waals surface area (Å²) in [5.41, 5.74) is 0.644. The number of ether oxygens (including phenoxy) is 1. The fourth-order valence-corrected chi connectivity index (χ4v) is 1.82. The van der Waals surface area contributed by atoms with Crippen LogP contribution in [0.5, 0.6) is 5.88 Å². The van der Waals surface area contributed by atoms with Crippen LogP contribution in [0.1, 0.15) is 5.56 Å². The Morgan fingerprint density at radius 3 is 3.10 bits per heavy atom. The SMILES string of the molecule is N#Cc1cc(F)ccc1NCC(O)COc1cnsn1. The minimum absolute atomic E-state index is 0.0431. The molecule has 0 saturated heterocycles. The maximum atomic E-state index is 13.0. The van der Waals surface area contributed by atoms with Crippen LogP contribution in [0.15, 0.2) is 24.4 Å². The molecule has 0 aliphatic rings. The van der Waals surface area contributed by atoms with Crippen LogP contribution in [-0.4, -0.2) is 33.1 Å².